The van der Waals surface area contributed by atoms with E-state index in [-0.39, 0.29) is 29.6 Å². The van der Waals surface area contributed by atoms with Crippen LogP contribution in [0.3, 0.4) is 0 Å². The first-order chi connectivity index (χ1) is 21.9. The molecule has 0 saturated carbocycles. The molecule has 6 rings (SSSR count). The van der Waals surface area contributed by atoms with Gasteiger partial charge in [0, 0.05) is 60.5 Å². The number of amides is 2. The van der Waals surface area contributed by atoms with Crippen molar-refractivity contribution in [1.29, 1.82) is 0 Å². The van der Waals surface area contributed by atoms with Crippen LogP contribution in [0.5, 0.6) is 0 Å². The summed E-state index contributed by atoms with van der Waals surface area (Å²) in [5.74, 6) is -0.945. The minimum Gasteiger partial charge on any atom is -0.352 e. The predicted molar refractivity (Wildman–Crippen MR) is 172 cm³/mol. The number of halogens is 1. The summed E-state index contributed by atoms with van der Waals surface area (Å²) in [5.41, 5.74) is 2.16. The van der Waals surface area contributed by atoms with E-state index in [0.717, 1.165) is 52.0 Å². The van der Waals surface area contributed by atoms with Crippen LogP contribution in [0.25, 0.3) is 15.6 Å². The number of likely N-dealkylation sites (tertiary alicyclic amines) is 1. The second-order valence-electron chi connectivity index (χ2n) is 11.7. The molecule has 2 aromatic heterocycles. The second kappa shape index (κ2) is 13.7. The third kappa shape index (κ3) is 6.80. The number of fused-ring (bicyclic) bond motifs is 2. The predicted octanol–water partition coefficient (Wildman–Crippen LogP) is 5.83. The van der Waals surface area contributed by atoms with Crippen LogP contribution >= 0.6 is 11.3 Å². The van der Waals surface area contributed by atoms with Gasteiger partial charge in [-0.1, -0.05) is 42.5 Å². The van der Waals surface area contributed by atoms with Crippen LogP contribution in [0, 0.1) is 18.4 Å². The molecule has 1 unspecified atom stereocenters. The second-order valence-corrected chi connectivity index (χ2v) is 12.9. The van der Waals surface area contributed by atoms with Gasteiger partial charge in [-0.15, -0.1) is 0 Å². The van der Waals surface area contributed by atoms with Gasteiger partial charge in [-0.2, -0.15) is 15.7 Å². The zero-order valence-corrected chi connectivity index (χ0v) is 25.7. The Bertz CT molecular complexity index is 1790. The van der Waals surface area contributed by atoms with Crippen LogP contribution in [0.4, 0.5) is 10.1 Å². The Balaban J connectivity index is 1.03. The maximum atomic E-state index is 13.8. The van der Waals surface area contributed by atoms with Crippen molar-refractivity contribution < 1.29 is 18.8 Å². The highest BCUT2D eigenvalue weighted by Gasteiger charge is 2.29. The van der Waals surface area contributed by atoms with Crippen molar-refractivity contribution in [1.82, 2.24) is 20.1 Å². The number of piperidine rings is 1. The van der Waals surface area contributed by atoms with Crippen LogP contribution in [-0.4, -0.2) is 65.1 Å². The molecule has 1 fully saturated rings. The van der Waals surface area contributed by atoms with E-state index in [2.05, 4.69) is 20.0 Å². The van der Waals surface area contributed by atoms with Gasteiger partial charge in [-0.25, -0.2) is 9.83 Å². The van der Waals surface area contributed by atoms with Gasteiger partial charge < -0.3 is 15.1 Å². The van der Waals surface area contributed by atoms with Crippen molar-refractivity contribution in [3.63, 3.8) is 0 Å². The molecule has 10 heteroatoms. The molecule has 4 aromatic rings. The van der Waals surface area contributed by atoms with Gasteiger partial charge in [-0.3, -0.25) is 14.4 Å². The lowest BCUT2D eigenvalue weighted by molar-refractivity contribution is -0.132. The number of thiophene rings is 1. The Hall–Kier alpha value is -4.46. The van der Waals surface area contributed by atoms with Crippen LogP contribution < -0.4 is 5.32 Å². The van der Waals surface area contributed by atoms with E-state index < -0.39 is 11.9 Å². The van der Waals surface area contributed by atoms with Crippen LogP contribution in [0.1, 0.15) is 55.3 Å². The molecule has 4 heterocycles. The molecule has 45 heavy (non-hydrogen) atoms. The van der Waals surface area contributed by atoms with Crippen molar-refractivity contribution in [2.24, 2.45) is 5.92 Å². The number of carbonyl (C=O) groups excluding carboxylic acids is 3. The molecule has 1 atom stereocenters. The molecule has 1 saturated heterocycles. The normalized spacial score (nSPS) is 16.6. The summed E-state index contributed by atoms with van der Waals surface area (Å²) < 4.78 is 13.8. The van der Waals surface area contributed by atoms with Crippen LogP contribution in [-0.2, 0) is 24.2 Å². The zero-order valence-electron chi connectivity index (χ0n) is 24.9. The number of hydrogen-bond acceptors (Lipinski definition) is 6. The Labute approximate surface area is 265 Å². The molecule has 0 spiro atoms. The minimum atomic E-state index is -0.776. The topological polar surface area (TPSA) is 87.0 Å². The maximum absolute atomic E-state index is 13.8. The number of nitrogens with zero attached hydrogens (tertiary/aromatic N) is 4. The molecule has 2 aliphatic heterocycles. The lowest BCUT2D eigenvalue weighted by atomic mass is 9.97. The average molecular weight is 624 g/mol. The van der Waals surface area contributed by atoms with E-state index in [1.54, 1.807) is 0 Å². The molecule has 230 valence electrons. The van der Waals surface area contributed by atoms with Gasteiger partial charge in [-0.05, 0) is 60.2 Å². The lowest BCUT2D eigenvalue weighted by Crippen LogP contribution is -2.43. The van der Waals surface area contributed by atoms with Gasteiger partial charge in [0.1, 0.15) is 0 Å². The molecule has 2 amide bonds. The number of nitrogens with one attached hydrogen (secondary N) is 1. The molecule has 0 radical (unpaired) electrons. The van der Waals surface area contributed by atoms with Gasteiger partial charge in [0.05, 0.1) is 18.7 Å². The smallest absolute Gasteiger partial charge is 0.255 e. The third-order valence-electron chi connectivity index (χ3n) is 8.77. The monoisotopic (exact) mass is 623 g/mol. The molecule has 8 nitrogen and oxygen atoms in total. The number of aromatic nitrogens is 1. The van der Waals surface area contributed by atoms with Crippen molar-refractivity contribution in [3.05, 3.63) is 105 Å². The summed E-state index contributed by atoms with van der Waals surface area (Å²) in [6.45, 7) is 11.6. The van der Waals surface area contributed by atoms with Crippen molar-refractivity contribution >= 4 is 45.4 Å². The SMILES string of the molecule is [C-]#[N+]c1c(CC(=O)c2cccc3ccccc23)sc2c1CCN(C(=O)CCN1CCCC(CNC(=O)c3cccnc3F)C1)C2. The number of pyridine rings is 1. The molecule has 2 aromatic carbocycles. The fraction of sp³-hybridized carbons (Fsp3) is 0.343. The number of benzene rings is 2. The van der Waals surface area contributed by atoms with Gasteiger partial charge in [0.25, 0.3) is 5.91 Å². The summed E-state index contributed by atoms with van der Waals surface area (Å²) in [6, 6.07) is 16.5. The first kappa shape index (κ1) is 30.6. The van der Waals surface area contributed by atoms with Gasteiger partial charge in [0.2, 0.25) is 17.5 Å². The van der Waals surface area contributed by atoms with Crippen LogP contribution in [0.2, 0.25) is 0 Å². The van der Waals surface area contributed by atoms with E-state index in [0.29, 0.717) is 50.3 Å². The minimum absolute atomic E-state index is 0.00753. The quantitative estimate of drug-likeness (QED) is 0.144. The molecule has 0 bridgehead atoms. The number of hydrogen-bond donors (Lipinski definition) is 1. The Morgan fingerprint density at radius 2 is 1.89 bits per heavy atom. The van der Waals surface area contributed by atoms with Crippen molar-refractivity contribution in [3.8, 4) is 0 Å². The summed E-state index contributed by atoms with van der Waals surface area (Å²) >= 11 is 1.49. The van der Waals surface area contributed by atoms with E-state index in [1.165, 1.54) is 29.7 Å². The largest absolute Gasteiger partial charge is 0.352 e. The highest BCUT2D eigenvalue weighted by atomic mass is 32.1. The number of rotatable bonds is 9. The van der Waals surface area contributed by atoms with Crippen LogP contribution in [0.15, 0.2) is 60.8 Å². The first-order valence-corrected chi connectivity index (χ1v) is 16.1. The Morgan fingerprint density at radius 3 is 2.73 bits per heavy atom. The average Bonchev–Trinajstić information content (AvgIpc) is 3.42. The Kier molecular flexibility index (Phi) is 9.29. The molecular formula is C35H34FN5O3S. The highest BCUT2D eigenvalue weighted by Crippen LogP contribution is 2.40. The van der Waals surface area contributed by atoms with Crippen molar-refractivity contribution in [2.45, 2.75) is 38.6 Å². The number of Topliss-reactive ketones (excluding diaryl/α,β-unsaturated/α-hetero) is 1. The molecule has 2 aliphatic rings. The standard InChI is InChI=1S/C35H34FN5O3S/c1-37-33-27-13-18-41(22-31(27)45-30(33)19-29(42)26-11-4-9-24-8-2-3-10-25(24)26)32(43)14-17-40-16-6-7-23(21-40)20-39-35(44)28-12-5-15-38-34(28)36/h2-5,8-12,15,23H,6-7,13-14,16-22H2,(H,39,44). The highest BCUT2D eigenvalue weighted by molar-refractivity contribution is 7.13. The fourth-order valence-electron chi connectivity index (χ4n) is 6.44. The maximum Gasteiger partial charge on any atom is 0.255 e. The molecule has 1 N–H and O–H groups in total. The van der Waals surface area contributed by atoms with E-state index in [9.17, 15) is 18.8 Å². The molecule has 0 aliphatic carbocycles. The number of ketones is 1. The summed E-state index contributed by atoms with van der Waals surface area (Å²) in [6.07, 6.45) is 4.42. The zero-order chi connectivity index (χ0) is 31.3. The first-order valence-electron chi connectivity index (χ1n) is 15.3. The van der Waals surface area contributed by atoms with E-state index >= 15 is 0 Å². The lowest BCUT2D eigenvalue weighted by Gasteiger charge is -2.33. The summed E-state index contributed by atoms with van der Waals surface area (Å²) in [7, 11) is 0. The van der Waals surface area contributed by atoms with Gasteiger partial charge >= 0.3 is 0 Å². The molecular weight excluding hydrogens is 589 g/mol. The summed E-state index contributed by atoms with van der Waals surface area (Å²) in [4.78, 5) is 52.3. The van der Waals surface area contributed by atoms with E-state index in [1.807, 2.05) is 47.4 Å². The third-order valence-corrected chi connectivity index (χ3v) is 9.98. The van der Waals surface area contributed by atoms with E-state index in [4.69, 9.17) is 6.57 Å². The fourth-order valence-corrected chi connectivity index (χ4v) is 7.74. The Morgan fingerprint density at radius 1 is 1.07 bits per heavy atom. The van der Waals surface area contributed by atoms with Gasteiger partial charge in [0.15, 0.2) is 5.78 Å². The summed E-state index contributed by atoms with van der Waals surface area (Å²) in [5, 5.41) is 4.76. The number of carbonyl (C=O) groups is 3. The van der Waals surface area contributed by atoms with Crippen molar-refractivity contribution in [2.75, 3.05) is 32.7 Å².